The summed E-state index contributed by atoms with van der Waals surface area (Å²) in [6.45, 7) is 2.16. The highest BCUT2D eigenvalue weighted by Crippen LogP contribution is 2.34. The van der Waals surface area contributed by atoms with Crippen molar-refractivity contribution in [2.24, 2.45) is 0 Å². The first-order valence-corrected chi connectivity index (χ1v) is 7.36. The summed E-state index contributed by atoms with van der Waals surface area (Å²) in [6.07, 6.45) is 0. The van der Waals surface area contributed by atoms with Gasteiger partial charge in [-0.25, -0.2) is 0 Å². The lowest BCUT2D eigenvalue weighted by molar-refractivity contribution is -0.383. The number of halogens is 2. The van der Waals surface area contributed by atoms with E-state index in [4.69, 9.17) is 27.9 Å². The quantitative estimate of drug-likeness (QED) is 0.630. The molecule has 8 heteroatoms. The number of anilines is 1. The van der Waals surface area contributed by atoms with E-state index in [2.05, 4.69) is 5.32 Å². The van der Waals surface area contributed by atoms with Gasteiger partial charge in [-0.3, -0.25) is 14.9 Å². The van der Waals surface area contributed by atoms with Crippen molar-refractivity contribution in [2.45, 2.75) is 6.92 Å². The number of nitrogens with one attached hydrogen (secondary N) is 1. The Morgan fingerprint density at radius 2 is 1.87 bits per heavy atom. The van der Waals surface area contributed by atoms with Crippen LogP contribution in [-0.2, 0) is 0 Å². The van der Waals surface area contributed by atoms with Crippen molar-refractivity contribution in [2.75, 3.05) is 11.9 Å². The van der Waals surface area contributed by atoms with E-state index in [-0.39, 0.29) is 32.7 Å². The summed E-state index contributed by atoms with van der Waals surface area (Å²) < 4.78 is 5.29. The summed E-state index contributed by atoms with van der Waals surface area (Å²) in [6, 6.07) is 8.62. The minimum atomic E-state index is -0.576. The third-order valence-corrected chi connectivity index (χ3v) is 3.46. The Balaban J connectivity index is 2.30. The van der Waals surface area contributed by atoms with Crippen LogP contribution in [0, 0.1) is 10.1 Å². The molecule has 0 aliphatic heterocycles. The third-order valence-electron chi connectivity index (χ3n) is 2.90. The van der Waals surface area contributed by atoms with Crippen molar-refractivity contribution in [3.8, 4) is 5.75 Å². The molecule has 0 aliphatic carbocycles. The van der Waals surface area contributed by atoms with E-state index in [1.54, 1.807) is 13.0 Å². The largest absolute Gasteiger partial charge is 0.491 e. The lowest BCUT2D eigenvalue weighted by Gasteiger charge is -2.11. The molecule has 120 valence electrons. The lowest BCUT2D eigenvalue weighted by Crippen LogP contribution is -2.13. The van der Waals surface area contributed by atoms with Gasteiger partial charge in [-0.2, -0.15) is 0 Å². The van der Waals surface area contributed by atoms with E-state index in [0.717, 1.165) is 0 Å². The molecule has 23 heavy (non-hydrogen) atoms. The molecule has 0 heterocycles. The number of ether oxygens (including phenoxy) is 1. The summed E-state index contributed by atoms with van der Waals surface area (Å²) >= 11 is 12.1. The number of carbonyl (C=O) groups excluding carboxylic acids is 1. The molecule has 0 unspecified atom stereocenters. The maximum atomic E-state index is 12.3. The Kier molecular flexibility index (Phi) is 5.41. The number of hydrogen-bond donors (Lipinski definition) is 1. The number of amides is 1. The van der Waals surface area contributed by atoms with Gasteiger partial charge in [-0.05, 0) is 25.1 Å². The van der Waals surface area contributed by atoms with Crippen LogP contribution in [-0.4, -0.2) is 17.4 Å². The topological polar surface area (TPSA) is 81.5 Å². The van der Waals surface area contributed by atoms with Crippen LogP contribution in [0.3, 0.4) is 0 Å². The van der Waals surface area contributed by atoms with Crippen LogP contribution in [0.15, 0.2) is 36.4 Å². The van der Waals surface area contributed by atoms with Gasteiger partial charge in [0.15, 0.2) is 5.75 Å². The molecule has 0 atom stereocenters. The van der Waals surface area contributed by atoms with Gasteiger partial charge in [-0.15, -0.1) is 0 Å². The maximum Gasteiger partial charge on any atom is 0.292 e. The second kappa shape index (κ2) is 7.30. The Morgan fingerprint density at radius 3 is 2.43 bits per heavy atom. The van der Waals surface area contributed by atoms with Crippen LogP contribution in [0.4, 0.5) is 11.4 Å². The molecular formula is C15H12Cl2N2O4. The zero-order valence-corrected chi connectivity index (χ0v) is 13.5. The number of para-hydroxylation sites is 2. The van der Waals surface area contributed by atoms with Crippen molar-refractivity contribution in [1.29, 1.82) is 0 Å². The summed E-state index contributed by atoms with van der Waals surface area (Å²) in [7, 11) is 0. The van der Waals surface area contributed by atoms with Crippen LogP contribution in [0.25, 0.3) is 0 Å². The number of nitro groups is 1. The number of benzene rings is 2. The predicted octanol–water partition coefficient (Wildman–Crippen LogP) is 4.55. The highest BCUT2D eigenvalue weighted by atomic mass is 35.5. The Bertz CT molecular complexity index is 742. The van der Waals surface area contributed by atoms with E-state index < -0.39 is 10.8 Å². The summed E-state index contributed by atoms with van der Waals surface area (Å²) in [4.78, 5) is 22.7. The molecule has 6 nitrogen and oxygen atoms in total. The van der Waals surface area contributed by atoms with Crippen LogP contribution < -0.4 is 10.1 Å². The first-order chi connectivity index (χ1) is 10.9. The first kappa shape index (κ1) is 17.1. The van der Waals surface area contributed by atoms with Crippen LogP contribution in [0.1, 0.15) is 17.3 Å². The number of nitro benzene ring substituents is 1. The summed E-state index contributed by atoms with van der Waals surface area (Å²) in [5, 5.41) is 13.8. The molecule has 2 rings (SSSR count). The maximum absolute atomic E-state index is 12.3. The molecule has 1 amide bonds. The predicted molar refractivity (Wildman–Crippen MR) is 88.7 cm³/mol. The van der Waals surface area contributed by atoms with Gasteiger partial charge in [0, 0.05) is 11.6 Å². The van der Waals surface area contributed by atoms with E-state index in [9.17, 15) is 14.9 Å². The molecule has 0 saturated heterocycles. The lowest BCUT2D eigenvalue weighted by atomic mass is 10.2. The van der Waals surface area contributed by atoms with Crippen molar-refractivity contribution in [3.05, 3.63) is 62.1 Å². The van der Waals surface area contributed by atoms with Crippen LogP contribution >= 0.6 is 23.2 Å². The van der Waals surface area contributed by atoms with Gasteiger partial charge in [-0.1, -0.05) is 35.3 Å². The second-order valence-electron chi connectivity index (χ2n) is 4.43. The van der Waals surface area contributed by atoms with E-state index in [1.807, 2.05) is 0 Å². The van der Waals surface area contributed by atoms with Crippen molar-refractivity contribution in [1.82, 2.24) is 0 Å². The van der Waals surface area contributed by atoms with Crippen LogP contribution in [0.2, 0.25) is 10.0 Å². The Morgan fingerprint density at radius 1 is 1.26 bits per heavy atom. The monoisotopic (exact) mass is 354 g/mol. The fraction of sp³-hybridized carbons (Fsp3) is 0.133. The highest BCUT2D eigenvalue weighted by molar-refractivity contribution is 6.37. The van der Waals surface area contributed by atoms with Crippen molar-refractivity contribution >= 4 is 40.5 Å². The Hall–Kier alpha value is -2.31. The fourth-order valence-electron chi connectivity index (χ4n) is 1.91. The Labute approximate surface area is 142 Å². The minimum Gasteiger partial charge on any atom is -0.491 e. The SMILES string of the molecule is CCOc1c(Cl)cc(C(=O)Nc2ccccc2[N+](=O)[O-])cc1Cl. The van der Waals surface area contributed by atoms with Gasteiger partial charge in [0.1, 0.15) is 5.69 Å². The average Bonchev–Trinajstić information content (AvgIpc) is 2.51. The molecule has 0 aromatic heterocycles. The van der Waals surface area contributed by atoms with E-state index >= 15 is 0 Å². The molecular weight excluding hydrogens is 343 g/mol. The molecule has 1 N–H and O–H groups in total. The molecule has 0 aliphatic rings. The number of hydrogen-bond acceptors (Lipinski definition) is 4. The normalized spacial score (nSPS) is 10.2. The van der Waals surface area contributed by atoms with Gasteiger partial charge in [0.2, 0.25) is 0 Å². The molecule has 0 bridgehead atoms. The van der Waals surface area contributed by atoms with Gasteiger partial charge in [0.05, 0.1) is 21.6 Å². The minimum absolute atomic E-state index is 0.0867. The van der Waals surface area contributed by atoms with Crippen molar-refractivity contribution < 1.29 is 14.5 Å². The zero-order chi connectivity index (χ0) is 17.0. The highest BCUT2D eigenvalue weighted by Gasteiger charge is 2.18. The molecule has 0 fully saturated rings. The summed E-state index contributed by atoms with van der Waals surface area (Å²) in [5.74, 6) is -0.274. The fourth-order valence-corrected chi connectivity index (χ4v) is 2.50. The molecule has 2 aromatic carbocycles. The number of nitrogens with zero attached hydrogens (tertiary/aromatic N) is 1. The van der Waals surface area contributed by atoms with Gasteiger partial charge >= 0.3 is 0 Å². The number of rotatable bonds is 5. The van der Waals surface area contributed by atoms with Crippen molar-refractivity contribution in [3.63, 3.8) is 0 Å². The first-order valence-electron chi connectivity index (χ1n) is 6.60. The molecule has 0 spiro atoms. The molecule has 2 aromatic rings. The average molecular weight is 355 g/mol. The van der Waals surface area contributed by atoms with Crippen LogP contribution in [0.5, 0.6) is 5.75 Å². The van der Waals surface area contributed by atoms with Gasteiger partial charge < -0.3 is 10.1 Å². The van der Waals surface area contributed by atoms with E-state index in [1.165, 1.54) is 30.3 Å². The molecule has 0 saturated carbocycles. The van der Waals surface area contributed by atoms with E-state index in [0.29, 0.717) is 6.61 Å². The van der Waals surface area contributed by atoms with Gasteiger partial charge in [0.25, 0.3) is 11.6 Å². The standard InChI is InChI=1S/C15H12Cl2N2O4/c1-2-23-14-10(16)7-9(8-11(14)17)15(20)18-12-5-3-4-6-13(12)19(21)22/h3-8H,2H2,1H3,(H,18,20). The third kappa shape index (κ3) is 3.91. The smallest absolute Gasteiger partial charge is 0.292 e. The second-order valence-corrected chi connectivity index (χ2v) is 5.24. The molecule has 0 radical (unpaired) electrons. The zero-order valence-electron chi connectivity index (χ0n) is 12.0. The summed E-state index contributed by atoms with van der Waals surface area (Å²) in [5.41, 5.74) is 0.0502. The number of carbonyl (C=O) groups is 1.